The predicted molar refractivity (Wildman–Crippen MR) is 141 cm³/mol. The van der Waals surface area contributed by atoms with Crippen LogP contribution in [0.1, 0.15) is 25.0 Å². The minimum absolute atomic E-state index is 0.0808. The summed E-state index contributed by atoms with van der Waals surface area (Å²) in [4.78, 5) is 18.6. The van der Waals surface area contributed by atoms with Gasteiger partial charge in [-0.25, -0.2) is 17.6 Å². The second-order valence-electron chi connectivity index (χ2n) is 9.81. The van der Waals surface area contributed by atoms with Crippen molar-refractivity contribution in [3.63, 3.8) is 0 Å². The number of urea groups is 1. The van der Waals surface area contributed by atoms with Crippen LogP contribution in [-0.2, 0) is 23.1 Å². The van der Waals surface area contributed by atoms with Gasteiger partial charge in [-0.2, -0.15) is 0 Å². The van der Waals surface area contributed by atoms with E-state index in [1.165, 1.54) is 15.3 Å². The molecule has 2 aromatic carbocycles. The zero-order valence-electron chi connectivity index (χ0n) is 21.3. The summed E-state index contributed by atoms with van der Waals surface area (Å²) < 4.78 is 41.1. The zero-order valence-corrected chi connectivity index (χ0v) is 22.1. The van der Waals surface area contributed by atoms with Crippen molar-refractivity contribution >= 4 is 27.4 Å². The van der Waals surface area contributed by atoms with E-state index in [1.807, 2.05) is 25.1 Å². The summed E-state index contributed by atoms with van der Waals surface area (Å²) >= 11 is 0. The fraction of sp³-hybridized carbons (Fsp3) is 0.500. The zero-order chi connectivity index (χ0) is 25.9. The van der Waals surface area contributed by atoms with Crippen molar-refractivity contribution in [2.75, 3.05) is 61.3 Å². The van der Waals surface area contributed by atoms with E-state index < -0.39 is 10.0 Å². The molecule has 2 aromatic rings. The van der Waals surface area contributed by atoms with Gasteiger partial charge in [-0.1, -0.05) is 32.0 Å². The van der Waals surface area contributed by atoms with E-state index in [1.54, 1.807) is 25.2 Å². The first kappa shape index (κ1) is 26.2. The van der Waals surface area contributed by atoms with Crippen molar-refractivity contribution in [2.45, 2.75) is 26.9 Å². The quantitative estimate of drug-likeness (QED) is 0.611. The Morgan fingerprint density at radius 2 is 1.86 bits per heavy atom. The highest BCUT2D eigenvalue weighted by Crippen LogP contribution is 2.28. The number of benzene rings is 2. The minimum Gasteiger partial charge on any atom is -0.367 e. The molecule has 2 fully saturated rings. The van der Waals surface area contributed by atoms with Crippen LogP contribution in [0.5, 0.6) is 0 Å². The molecule has 196 valence electrons. The summed E-state index contributed by atoms with van der Waals surface area (Å²) in [6.45, 7) is 9.52. The Bertz CT molecular complexity index is 1180. The maximum Gasteiger partial charge on any atom is 0.317 e. The average Bonchev–Trinajstić information content (AvgIpc) is 3.14. The SMILES string of the molecule is CCN1CCN(c2ccc(CNC(=O)N(C)Cc3cccc(N4CC(C)CS4(=O)=O)c3)cc2F)CC1. The number of nitrogens with one attached hydrogen (secondary N) is 1. The monoisotopic (exact) mass is 517 g/mol. The molecule has 4 rings (SSSR count). The first-order chi connectivity index (χ1) is 17.2. The summed E-state index contributed by atoms with van der Waals surface area (Å²) in [6.07, 6.45) is 0. The first-order valence-electron chi connectivity index (χ1n) is 12.5. The number of sulfonamides is 1. The van der Waals surface area contributed by atoms with Gasteiger partial charge in [0.15, 0.2) is 0 Å². The van der Waals surface area contributed by atoms with E-state index in [2.05, 4.69) is 22.0 Å². The third-order valence-corrected chi connectivity index (χ3v) is 8.91. The van der Waals surface area contributed by atoms with Crippen LogP contribution in [-0.4, -0.2) is 76.3 Å². The van der Waals surface area contributed by atoms with Gasteiger partial charge < -0.3 is 20.0 Å². The molecule has 2 aliphatic rings. The molecule has 1 N–H and O–H groups in total. The first-order valence-corrected chi connectivity index (χ1v) is 14.1. The van der Waals surface area contributed by atoms with Gasteiger partial charge in [-0.05, 0) is 47.9 Å². The lowest BCUT2D eigenvalue weighted by atomic mass is 10.1. The number of hydrogen-bond acceptors (Lipinski definition) is 5. The molecule has 36 heavy (non-hydrogen) atoms. The summed E-state index contributed by atoms with van der Waals surface area (Å²) in [7, 11) is -1.63. The smallest absolute Gasteiger partial charge is 0.317 e. The van der Waals surface area contributed by atoms with E-state index in [4.69, 9.17) is 0 Å². The van der Waals surface area contributed by atoms with E-state index >= 15 is 0 Å². The van der Waals surface area contributed by atoms with Gasteiger partial charge in [0.2, 0.25) is 10.0 Å². The minimum atomic E-state index is -3.30. The van der Waals surface area contributed by atoms with Crippen LogP contribution in [0.3, 0.4) is 0 Å². The fourth-order valence-electron chi connectivity index (χ4n) is 4.85. The number of piperazine rings is 1. The highest BCUT2D eigenvalue weighted by Gasteiger charge is 2.33. The van der Waals surface area contributed by atoms with Crippen molar-refractivity contribution in [3.05, 3.63) is 59.4 Å². The van der Waals surface area contributed by atoms with Crippen molar-refractivity contribution < 1.29 is 17.6 Å². The van der Waals surface area contributed by atoms with Gasteiger partial charge in [0.05, 0.1) is 17.1 Å². The van der Waals surface area contributed by atoms with Crippen LogP contribution in [0.4, 0.5) is 20.6 Å². The van der Waals surface area contributed by atoms with Gasteiger partial charge in [0, 0.05) is 52.9 Å². The van der Waals surface area contributed by atoms with E-state index in [0.717, 1.165) is 38.3 Å². The average molecular weight is 518 g/mol. The van der Waals surface area contributed by atoms with Crippen LogP contribution < -0.4 is 14.5 Å². The third kappa shape index (κ3) is 6.10. The lowest BCUT2D eigenvalue weighted by molar-refractivity contribution is 0.206. The normalized spacial score (nSPS) is 19.9. The molecule has 0 radical (unpaired) electrons. The lowest BCUT2D eigenvalue weighted by Crippen LogP contribution is -2.46. The Hall–Kier alpha value is -2.85. The topological polar surface area (TPSA) is 76.2 Å². The molecule has 0 aliphatic carbocycles. The molecule has 1 unspecified atom stereocenters. The number of hydrogen-bond donors (Lipinski definition) is 1. The number of nitrogens with zero attached hydrogens (tertiary/aromatic N) is 4. The number of carbonyl (C=O) groups is 1. The van der Waals surface area contributed by atoms with Crippen LogP contribution in [0.2, 0.25) is 0 Å². The number of amides is 2. The van der Waals surface area contributed by atoms with Crippen molar-refractivity contribution in [2.24, 2.45) is 5.92 Å². The molecule has 2 amide bonds. The summed E-state index contributed by atoms with van der Waals surface area (Å²) in [5, 5.41) is 2.84. The molecule has 0 aromatic heterocycles. The lowest BCUT2D eigenvalue weighted by Gasteiger charge is -2.35. The fourth-order valence-corrected chi connectivity index (χ4v) is 6.78. The Labute approximate surface area is 213 Å². The van der Waals surface area contributed by atoms with E-state index in [-0.39, 0.29) is 30.1 Å². The number of carbonyl (C=O) groups excluding carboxylic acids is 1. The summed E-state index contributed by atoms with van der Waals surface area (Å²) in [5.74, 6) is -0.0447. The largest absolute Gasteiger partial charge is 0.367 e. The van der Waals surface area contributed by atoms with Crippen molar-refractivity contribution in [3.8, 4) is 0 Å². The maximum atomic E-state index is 14.8. The molecule has 2 aliphatic heterocycles. The molecule has 8 nitrogen and oxygen atoms in total. The molecule has 2 heterocycles. The maximum absolute atomic E-state index is 14.8. The Morgan fingerprint density at radius 1 is 1.11 bits per heavy atom. The predicted octanol–water partition coefficient (Wildman–Crippen LogP) is 3.10. The molecule has 10 heteroatoms. The molecule has 0 spiro atoms. The second kappa shape index (κ2) is 11.0. The van der Waals surface area contributed by atoms with Gasteiger partial charge in [0.1, 0.15) is 5.82 Å². The van der Waals surface area contributed by atoms with Gasteiger partial charge in [0.25, 0.3) is 0 Å². The Balaban J connectivity index is 1.31. The molecule has 1 atom stereocenters. The third-order valence-electron chi connectivity index (χ3n) is 6.89. The van der Waals surface area contributed by atoms with E-state index in [0.29, 0.717) is 30.0 Å². The molecular formula is C26H36FN5O3S. The number of likely N-dealkylation sites (N-methyl/N-ethyl adjacent to an activating group) is 1. The standard InChI is InChI=1S/C26H36FN5O3S/c1-4-30-10-12-31(13-11-30)25-9-8-21(15-24(25)27)16-28-26(33)29(3)18-22-6-5-7-23(14-22)32-17-20(2)19-36(32,34)35/h5-9,14-15,20H,4,10-13,16-19H2,1-3H3,(H,28,33). The van der Waals surface area contributed by atoms with Crippen LogP contribution in [0.25, 0.3) is 0 Å². The molecule has 2 saturated heterocycles. The second-order valence-corrected chi connectivity index (χ2v) is 11.7. The highest BCUT2D eigenvalue weighted by molar-refractivity contribution is 7.93. The van der Waals surface area contributed by atoms with E-state index in [9.17, 15) is 17.6 Å². The molecular weight excluding hydrogens is 481 g/mol. The van der Waals surface area contributed by atoms with Crippen LogP contribution in [0.15, 0.2) is 42.5 Å². The molecule has 0 saturated carbocycles. The molecule has 0 bridgehead atoms. The Morgan fingerprint density at radius 3 is 2.50 bits per heavy atom. The Kier molecular flexibility index (Phi) is 8.04. The number of halogens is 1. The summed E-state index contributed by atoms with van der Waals surface area (Å²) in [6, 6.07) is 12.1. The van der Waals surface area contributed by atoms with Crippen LogP contribution >= 0.6 is 0 Å². The number of rotatable bonds is 7. The van der Waals surface area contributed by atoms with Gasteiger partial charge >= 0.3 is 6.03 Å². The van der Waals surface area contributed by atoms with Gasteiger partial charge in [-0.3, -0.25) is 4.31 Å². The summed E-state index contributed by atoms with van der Waals surface area (Å²) in [5.41, 5.74) is 2.75. The van der Waals surface area contributed by atoms with Crippen molar-refractivity contribution in [1.29, 1.82) is 0 Å². The van der Waals surface area contributed by atoms with Crippen LogP contribution in [0, 0.1) is 11.7 Å². The highest BCUT2D eigenvalue weighted by atomic mass is 32.2. The van der Waals surface area contributed by atoms with Gasteiger partial charge in [-0.15, -0.1) is 0 Å². The van der Waals surface area contributed by atoms with Crippen molar-refractivity contribution in [1.82, 2.24) is 15.1 Å². The number of anilines is 2.